The summed E-state index contributed by atoms with van der Waals surface area (Å²) in [7, 11) is 0. The van der Waals surface area contributed by atoms with Gasteiger partial charge in [-0.25, -0.2) is 0 Å². The minimum atomic E-state index is -1.34. The lowest BCUT2D eigenvalue weighted by Crippen LogP contribution is -2.63. The van der Waals surface area contributed by atoms with Crippen LogP contribution in [0.5, 0.6) is 0 Å². The molecule has 5 aliphatic rings. The fourth-order valence-electron chi connectivity index (χ4n) is 7.90. The Hall–Kier alpha value is -2.12. The Labute approximate surface area is 193 Å². The van der Waals surface area contributed by atoms with Gasteiger partial charge in [0.05, 0.1) is 6.10 Å². The van der Waals surface area contributed by atoms with Gasteiger partial charge in [-0.05, 0) is 57.1 Å². The predicted molar refractivity (Wildman–Crippen MR) is 117 cm³/mol. The number of fused-ring (bicyclic) bond motifs is 7. The van der Waals surface area contributed by atoms with Gasteiger partial charge in [0, 0.05) is 30.1 Å². The van der Waals surface area contributed by atoms with Crippen molar-refractivity contribution >= 4 is 23.3 Å². The van der Waals surface area contributed by atoms with Crippen molar-refractivity contribution in [2.45, 2.75) is 77.8 Å². The number of ketones is 3. The number of ether oxygens (including phenoxy) is 3. The van der Waals surface area contributed by atoms with Gasteiger partial charge in [-0.3, -0.25) is 19.2 Å². The molecule has 1 heterocycles. The smallest absolute Gasteiger partial charge is 0.303 e. The van der Waals surface area contributed by atoms with Crippen LogP contribution in [0.1, 0.15) is 60.3 Å². The van der Waals surface area contributed by atoms with E-state index in [1.165, 1.54) is 6.92 Å². The first kappa shape index (κ1) is 22.7. The molecule has 1 aliphatic heterocycles. The van der Waals surface area contributed by atoms with Crippen LogP contribution >= 0.6 is 0 Å². The fourth-order valence-corrected chi connectivity index (χ4v) is 7.90. The minimum absolute atomic E-state index is 0.0246. The van der Waals surface area contributed by atoms with Gasteiger partial charge >= 0.3 is 5.97 Å². The fraction of sp³-hybridized carbons (Fsp3) is 0.692. The van der Waals surface area contributed by atoms with Crippen molar-refractivity contribution in [2.24, 2.45) is 28.6 Å². The van der Waals surface area contributed by atoms with E-state index in [1.54, 1.807) is 26.0 Å². The number of carbonyl (C=O) groups is 4. The normalized spacial score (nSPS) is 44.9. The third-order valence-electron chi connectivity index (χ3n) is 9.07. The lowest BCUT2D eigenvalue weighted by Gasteiger charge is -2.57. The van der Waals surface area contributed by atoms with Crippen LogP contribution < -0.4 is 0 Å². The van der Waals surface area contributed by atoms with Crippen LogP contribution in [0.25, 0.3) is 0 Å². The summed E-state index contributed by atoms with van der Waals surface area (Å²) in [6.45, 7) is 8.47. The third-order valence-corrected chi connectivity index (χ3v) is 9.07. The lowest BCUT2D eigenvalue weighted by atomic mass is 9.46. The summed E-state index contributed by atoms with van der Waals surface area (Å²) in [5, 5.41) is 0. The van der Waals surface area contributed by atoms with Crippen molar-refractivity contribution < 1.29 is 33.4 Å². The summed E-state index contributed by atoms with van der Waals surface area (Å²) in [4.78, 5) is 50.9. The largest absolute Gasteiger partial charge is 0.458 e. The molecule has 0 radical (unpaired) electrons. The van der Waals surface area contributed by atoms with E-state index >= 15 is 0 Å². The van der Waals surface area contributed by atoms with E-state index in [9.17, 15) is 19.2 Å². The van der Waals surface area contributed by atoms with Gasteiger partial charge in [-0.15, -0.1) is 0 Å². The molecule has 0 bridgehead atoms. The Kier molecular flexibility index (Phi) is 4.77. The maximum atomic E-state index is 13.9. The monoisotopic (exact) mass is 456 g/mol. The molecule has 0 unspecified atom stereocenters. The lowest BCUT2D eigenvalue weighted by molar-refractivity contribution is -0.214. The molecule has 5 rings (SSSR count). The van der Waals surface area contributed by atoms with Crippen molar-refractivity contribution in [3.05, 3.63) is 23.8 Å². The molecule has 1 saturated heterocycles. The molecule has 3 saturated carbocycles. The average molecular weight is 457 g/mol. The molecule has 0 spiro atoms. The molecule has 178 valence electrons. The maximum Gasteiger partial charge on any atom is 0.303 e. The van der Waals surface area contributed by atoms with Gasteiger partial charge in [0.2, 0.25) is 5.78 Å². The highest BCUT2D eigenvalue weighted by Crippen LogP contribution is 2.69. The van der Waals surface area contributed by atoms with E-state index < -0.39 is 40.9 Å². The Morgan fingerprint density at radius 3 is 2.61 bits per heavy atom. The van der Waals surface area contributed by atoms with Crippen LogP contribution in [0, 0.1) is 28.6 Å². The van der Waals surface area contributed by atoms with Crippen LogP contribution in [0.15, 0.2) is 23.8 Å². The number of carbonyl (C=O) groups excluding carboxylic acids is 4. The van der Waals surface area contributed by atoms with E-state index in [1.807, 2.05) is 13.0 Å². The summed E-state index contributed by atoms with van der Waals surface area (Å²) in [5.41, 5.74) is -1.57. The zero-order valence-electron chi connectivity index (χ0n) is 19.9. The Balaban J connectivity index is 1.56. The topological polar surface area (TPSA) is 96.0 Å². The maximum absolute atomic E-state index is 13.9. The molecule has 4 fully saturated rings. The summed E-state index contributed by atoms with van der Waals surface area (Å²) in [6, 6.07) is 0. The number of hydrogen-bond donors (Lipinski definition) is 0. The van der Waals surface area contributed by atoms with Gasteiger partial charge in [-0.2, -0.15) is 0 Å². The Morgan fingerprint density at radius 1 is 1.18 bits per heavy atom. The first-order chi connectivity index (χ1) is 15.3. The van der Waals surface area contributed by atoms with Crippen LogP contribution in [0.2, 0.25) is 0 Å². The van der Waals surface area contributed by atoms with Crippen LogP contribution in [0.4, 0.5) is 0 Å². The van der Waals surface area contributed by atoms with Gasteiger partial charge in [0.25, 0.3) is 0 Å². The molecule has 7 atom stereocenters. The van der Waals surface area contributed by atoms with Gasteiger partial charge in [0.1, 0.15) is 5.78 Å². The average Bonchev–Trinajstić information content (AvgIpc) is 3.12. The zero-order valence-corrected chi connectivity index (χ0v) is 19.9. The highest BCUT2D eigenvalue weighted by atomic mass is 16.8. The molecule has 0 aromatic heterocycles. The molecule has 4 aliphatic carbocycles. The molecule has 7 nitrogen and oxygen atoms in total. The van der Waals surface area contributed by atoms with Crippen molar-refractivity contribution in [2.75, 3.05) is 6.61 Å². The molecular formula is C26H32O7. The van der Waals surface area contributed by atoms with Gasteiger partial charge in [-0.1, -0.05) is 25.5 Å². The van der Waals surface area contributed by atoms with Crippen molar-refractivity contribution in [1.82, 2.24) is 0 Å². The van der Waals surface area contributed by atoms with Crippen LogP contribution in [-0.4, -0.2) is 47.4 Å². The SMILES string of the molecule is CC(=O)OCC(=O)[C@@]12OC(C)(C)O[C@@H]1C[C@H]1[C@@H]3CCC4=CC(=O)C=C[C@]4(C)[C@H]3C(=O)C[C@@]12C. The molecule has 0 N–H and O–H groups in total. The highest BCUT2D eigenvalue weighted by molar-refractivity contribution is 6.02. The molecular weight excluding hydrogens is 424 g/mol. The number of allylic oxidation sites excluding steroid dienone is 4. The van der Waals surface area contributed by atoms with Gasteiger partial charge in [0.15, 0.2) is 23.8 Å². The van der Waals surface area contributed by atoms with E-state index in [2.05, 4.69) is 6.92 Å². The number of esters is 1. The van der Waals surface area contributed by atoms with E-state index in [0.717, 1.165) is 18.4 Å². The zero-order chi connectivity index (χ0) is 24.0. The first-order valence-corrected chi connectivity index (χ1v) is 11.9. The molecule has 33 heavy (non-hydrogen) atoms. The Morgan fingerprint density at radius 2 is 1.91 bits per heavy atom. The molecule has 0 amide bonds. The third kappa shape index (κ3) is 2.94. The number of hydrogen-bond acceptors (Lipinski definition) is 7. The first-order valence-electron chi connectivity index (χ1n) is 11.9. The number of rotatable bonds is 3. The van der Waals surface area contributed by atoms with Crippen molar-refractivity contribution in [3.63, 3.8) is 0 Å². The summed E-state index contributed by atoms with van der Waals surface area (Å²) >= 11 is 0. The molecule has 0 aromatic carbocycles. The second-order valence-electron chi connectivity index (χ2n) is 11.3. The van der Waals surface area contributed by atoms with E-state index in [4.69, 9.17) is 14.2 Å². The second kappa shape index (κ2) is 6.95. The second-order valence-corrected chi connectivity index (χ2v) is 11.3. The summed E-state index contributed by atoms with van der Waals surface area (Å²) in [6.07, 6.45) is 7.00. The predicted octanol–water partition coefficient (Wildman–Crippen LogP) is 3.11. The highest BCUT2D eigenvalue weighted by Gasteiger charge is 2.77. The minimum Gasteiger partial charge on any atom is -0.458 e. The molecule has 0 aromatic rings. The summed E-state index contributed by atoms with van der Waals surface area (Å²) < 4.78 is 17.8. The van der Waals surface area contributed by atoms with Crippen LogP contribution in [-0.2, 0) is 33.4 Å². The van der Waals surface area contributed by atoms with Crippen molar-refractivity contribution in [3.8, 4) is 0 Å². The number of Topliss-reactive ketones (excluding diaryl/α,β-unsaturated/α-hetero) is 2. The van der Waals surface area contributed by atoms with E-state index in [0.29, 0.717) is 6.42 Å². The molecule has 7 heteroatoms. The summed E-state index contributed by atoms with van der Waals surface area (Å²) in [5.74, 6) is -1.94. The van der Waals surface area contributed by atoms with Gasteiger partial charge < -0.3 is 14.2 Å². The quantitative estimate of drug-likeness (QED) is 0.602. The van der Waals surface area contributed by atoms with Crippen molar-refractivity contribution in [1.29, 1.82) is 0 Å². The van der Waals surface area contributed by atoms with Crippen LogP contribution in [0.3, 0.4) is 0 Å². The Bertz CT molecular complexity index is 1020. The standard InChI is InChI=1S/C26H32O7/c1-14(27)31-13-20(30)26-21(32-23(2,3)33-26)11-18-17-7-6-15-10-16(28)8-9-24(15,4)22(17)19(29)12-25(18,26)5/h8-10,17-18,21-22H,6-7,11-13H2,1-5H3/t17-,18-,21+,22+,24-,25-,26+/m0/s1. The van der Waals surface area contributed by atoms with E-state index in [-0.39, 0.29) is 41.5 Å².